The van der Waals surface area contributed by atoms with Crippen molar-refractivity contribution in [3.05, 3.63) is 23.3 Å². The van der Waals surface area contributed by atoms with Crippen LogP contribution in [0.25, 0.3) is 0 Å². The third-order valence-electron chi connectivity index (χ3n) is 4.72. The Morgan fingerprint density at radius 1 is 1.13 bits per heavy atom. The van der Waals surface area contributed by atoms with Crippen LogP contribution in [0.15, 0.2) is 12.1 Å². The summed E-state index contributed by atoms with van der Waals surface area (Å²) >= 11 is 0. The Labute approximate surface area is 139 Å². The number of benzene rings is 1. The molecule has 1 aliphatic rings. The Hall–Kier alpha value is -1.55. The molecule has 0 heterocycles. The molecule has 1 aromatic carbocycles. The zero-order valence-electron chi connectivity index (χ0n) is 14.8. The Morgan fingerprint density at radius 3 is 2.17 bits per heavy atom. The van der Waals surface area contributed by atoms with E-state index in [4.69, 9.17) is 9.47 Å². The van der Waals surface area contributed by atoms with Gasteiger partial charge in [-0.3, -0.25) is 4.79 Å². The van der Waals surface area contributed by atoms with Gasteiger partial charge in [-0.05, 0) is 56.9 Å². The van der Waals surface area contributed by atoms with E-state index >= 15 is 0 Å². The number of rotatable bonds is 5. The fraction of sp³-hybridized carbons (Fsp3) is 0.632. The van der Waals surface area contributed by atoms with Gasteiger partial charge in [-0.15, -0.1) is 0 Å². The van der Waals surface area contributed by atoms with Gasteiger partial charge >= 0.3 is 0 Å². The fourth-order valence-corrected chi connectivity index (χ4v) is 3.46. The molecule has 1 saturated carbocycles. The van der Waals surface area contributed by atoms with Crippen LogP contribution in [0.2, 0.25) is 0 Å². The van der Waals surface area contributed by atoms with Crippen molar-refractivity contribution in [2.45, 2.75) is 64.9 Å². The summed E-state index contributed by atoms with van der Waals surface area (Å²) in [7, 11) is 1.65. The Morgan fingerprint density at radius 2 is 1.70 bits per heavy atom. The van der Waals surface area contributed by atoms with Crippen LogP contribution in [-0.2, 0) is 9.53 Å². The van der Waals surface area contributed by atoms with Crippen molar-refractivity contribution in [2.24, 2.45) is 0 Å². The standard InChI is InChI=1S/C19H29NO3/c1-5-23-17-14(2)12-16(13-15(17)3)20-18(21)19(22-4)10-8-6-7-9-11-19/h12-13H,5-11H2,1-4H3,(H,20,21). The third kappa shape index (κ3) is 4.05. The number of nitrogens with one attached hydrogen (secondary N) is 1. The van der Waals surface area contributed by atoms with E-state index in [-0.39, 0.29) is 5.91 Å². The summed E-state index contributed by atoms with van der Waals surface area (Å²) in [5.41, 5.74) is 2.20. The molecule has 0 saturated heterocycles. The summed E-state index contributed by atoms with van der Waals surface area (Å²) in [6.45, 7) is 6.62. The van der Waals surface area contributed by atoms with E-state index in [1.165, 1.54) is 12.8 Å². The van der Waals surface area contributed by atoms with Crippen LogP contribution >= 0.6 is 0 Å². The molecule has 1 fully saturated rings. The van der Waals surface area contributed by atoms with Gasteiger partial charge in [-0.25, -0.2) is 0 Å². The van der Waals surface area contributed by atoms with Gasteiger partial charge in [0.1, 0.15) is 11.4 Å². The first-order valence-electron chi connectivity index (χ1n) is 8.63. The van der Waals surface area contributed by atoms with Crippen molar-refractivity contribution in [1.82, 2.24) is 0 Å². The maximum Gasteiger partial charge on any atom is 0.256 e. The summed E-state index contributed by atoms with van der Waals surface area (Å²) in [5.74, 6) is 0.881. The van der Waals surface area contributed by atoms with Crippen LogP contribution in [0.3, 0.4) is 0 Å². The van der Waals surface area contributed by atoms with Crippen molar-refractivity contribution in [3.8, 4) is 5.75 Å². The lowest BCUT2D eigenvalue weighted by Gasteiger charge is -2.30. The summed E-state index contributed by atoms with van der Waals surface area (Å²) in [4.78, 5) is 12.8. The zero-order chi connectivity index (χ0) is 16.9. The van der Waals surface area contributed by atoms with Crippen LogP contribution in [0.1, 0.15) is 56.6 Å². The van der Waals surface area contributed by atoms with E-state index in [9.17, 15) is 4.79 Å². The number of amides is 1. The minimum absolute atomic E-state index is 0.0233. The first kappa shape index (κ1) is 17.8. The largest absolute Gasteiger partial charge is 0.493 e. The SMILES string of the molecule is CCOc1c(C)cc(NC(=O)C2(OC)CCCCCC2)cc1C. The van der Waals surface area contributed by atoms with Gasteiger partial charge in [0.2, 0.25) is 0 Å². The van der Waals surface area contributed by atoms with E-state index in [1.807, 2.05) is 32.9 Å². The maximum atomic E-state index is 12.8. The fourth-order valence-electron chi connectivity index (χ4n) is 3.46. The molecule has 4 nitrogen and oxygen atoms in total. The number of aryl methyl sites for hydroxylation is 2. The zero-order valence-corrected chi connectivity index (χ0v) is 14.8. The number of carbonyl (C=O) groups excluding carboxylic acids is 1. The predicted molar refractivity (Wildman–Crippen MR) is 93.2 cm³/mol. The highest BCUT2D eigenvalue weighted by Gasteiger charge is 2.38. The lowest BCUT2D eigenvalue weighted by atomic mass is 9.93. The molecule has 0 radical (unpaired) electrons. The van der Waals surface area contributed by atoms with E-state index in [1.54, 1.807) is 7.11 Å². The highest BCUT2D eigenvalue weighted by atomic mass is 16.5. The molecule has 0 aromatic heterocycles. The number of methoxy groups -OCH3 is 1. The second-order valence-corrected chi connectivity index (χ2v) is 6.44. The van der Waals surface area contributed by atoms with Gasteiger partial charge in [0, 0.05) is 12.8 Å². The predicted octanol–water partition coefficient (Wildman–Crippen LogP) is 4.38. The van der Waals surface area contributed by atoms with Gasteiger partial charge in [-0.2, -0.15) is 0 Å². The van der Waals surface area contributed by atoms with E-state index in [2.05, 4.69) is 5.32 Å². The molecule has 0 atom stereocenters. The number of anilines is 1. The topological polar surface area (TPSA) is 47.6 Å². The highest BCUT2D eigenvalue weighted by molar-refractivity contribution is 5.97. The molecule has 128 valence electrons. The third-order valence-corrected chi connectivity index (χ3v) is 4.72. The quantitative estimate of drug-likeness (QED) is 0.819. The average molecular weight is 319 g/mol. The van der Waals surface area contributed by atoms with Crippen LogP contribution in [0.5, 0.6) is 5.75 Å². The van der Waals surface area contributed by atoms with Gasteiger partial charge < -0.3 is 14.8 Å². The molecule has 1 aromatic rings. The molecular weight excluding hydrogens is 290 g/mol. The molecule has 1 amide bonds. The number of hydrogen-bond acceptors (Lipinski definition) is 3. The second-order valence-electron chi connectivity index (χ2n) is 6.44. The Kier molecular flexibility index (Phi) is 6.05. The minimum Gasteiger partial charge on any atom is -0.493 e. The molecule has 23 heavy (non-hydrogen) atoms. The molecule has 0 spiro atoms. The van der Waals surface area contributed by atoms with Gasteiger partial charge in [0.05, 0.1) is 6.61 Å². The highest BCUT2D eigenvalue weighted by Crippen LogP contribution is 2.32. The van der Waals surface area contributed by atoms with Gasteiger partial charge in [0.25, 0.3) is 5.91 Å². The average Bonchev–Trinajstić information content (AvgIpc) is 2.77. The molecule has 2 rings (SSSR count). The molecule has 0 bridgehead atoms. The molecule has 0 unspecified atom stereocenters. The molecule has 1 aliphatic carbocycles. The maximum absolute atomic E-state index is 12.8. The summed E-state index contributed by atoms with van der Waals surface area (Å²) < 4.78 is 11.3. The summed E-state index contributed by atoms with van der Waals surface area (Å²) in [6, 6.07) is 3.94. The van der Waals surface area contributed by atoms with Crippen LogP contribution < -0.4 is 10.1 Å². The van der Waals surface area contributed by atoms with E-state index in [0.717, 1.165) is 48.2 Å². The number of ether oxygens (including phenoxy) is 2. The van der Waals surface area contributed by atoms with E-state index in [0.29, 0.717) is 6.61 Å². The smallest absolute Gasteiger partial charge is 0.256 e. The summed E-state index contributed by atoms with van der Waals surface area (Å²) in [5, 5.41) is 3.06. The minimum atomic E-state index is -0.684. The Balaban J connectivity index is 2.18. The van der Waals surface area contributed by atoms with Crippen LogP contribution in [0.4, 0.5) is 5.69 Å². The lowest BCUT2D eigenvalue weighted by molar-refractivity contribution is -0.139. The van der Waals surface area contributed by atoms with Gasteiger partial charge in [0.15, 0.2) is 0 Å². The molecule has 0 aliphatic heterocycles. The number of hydrogen-bond donors (Lipinski definition) is 1. The van der Waals surface area contributed by atoms with Crippen molar-refractivity contribution in [1.29, 1.82) is 0 Å². The van der Waals surface area contributed by atoms with Crippen molar-refractivity contribution in [3.63, 3.8) is 0 Å². The first-order chi connectivity index (χ1) is 11.0. The monoisotopic (exact) mass is 319 g/mol. The van der Waals surface area contributed by atoms with Crippen LogP contribution in [0, 0.1) is 13.8 Å². The van der Waals surface area contributed by atoms with Crippen molar-refractivity contribution >= 4 is 11.6 Å². The van der Waals surface area contributed by atoms with Gasteiger partial charge in [-0.1, -0.05) is 25.7 Å². The van der Waals surface area contributed by atoms with Crippen molar-refractivity contribution < 1.29 is 14.3 Å². The number of carbonyl (C=O) groups is 1. The van der Waals surface area contributed by atoms with Crippen molar-refractivity contribution in [2.75, 3.05) is 19.0 Å². The molecule has 1 N–H and O–H groups in total. The second kappa shape index (κ2) is 7.82. The summed E-state index contributed by atoms with van der Waals surface area (Å²) in [6.07, 6.45) is 6.04. The first-order valence-corrected chi connectivity index (χ1v) is 8.63. The normalized spacial score (nSPS) is 17.4. The molecule has 4 heteroatoms. The lowest BCUT2D eigenvalue weighted by Crippen LogP contribution is -2.44. The van der Waals surface area contributed by atoms with E-state index < -0.39 is 5.60 Å². The van der Waals surface area contributed by atoms with Crippen LogP contribution in [-0.4, -0.2) is 25.2 Å². The molecular formula is C19H29NO3. The Bertz CT molecular complexity index is 523.